The zero-order chi connectivity index (χ0) is 53.6. The molecular formula is C72H126N2Ni. The van der Waals surface area contributed by atoms with Gasteiger partial charge in [0.25, 0.3) is 0 Å². The average molecular weight is 1080 g/mol. The van der Waals surface area contributed by atoms with Crippen LogP contribution in [0.4, 0.5) is 0 Å². The fraction of sp³-hybridized carbons (Fsp3) is 0.750. The van der Waals surface area contributed by atoms with Gasteiger partial charge in [-0.3, -0.25) is 0 Å². The number of benzene rings is 2. The number of nitrogens with zero attached hydrogens (tertiary/aromatic N) is 2. The average Bonchev–Trinajstić information content (AvgIpc) is 3.75. The van der Waals surface area contributed by atoms with Gasteiger partial charge in [0.05, 0.1) is 0 Å². The number of rotatable bonds is 49. The van der Waals surface area contributed by atoms with Gasteiger partial charge in [-0.1, -0.05) is 322 Å². The molecule has 0 fully saturated rings. The van der Waals surface area contributed by atoms with Crippen LogP contribution < -0.4 is 0 Å². The molecule has 3 rings (SSSR count). The smallest absolute Gasteiger partial charge is 0.493 e. The van der Waals surface area contributed by atoms with E-state index in [2.05, 4.69) is 103 Å². The molecule has 3 heteroatoms. The van der Waals surface area contributed by atoms with Crippen LogP contribution in [0.1, 0.15) is 359 Å². The van der Waals surface area contributed by atoms with E-state index in [-0.39, 0.29) is 16.5 Å². The molecule has 1 aliphatic heterocycles. The summed E-state index contributed by atoms with van der Waals surface area (Å²) in [5.41, 5.74) is 19.6. The van der Waals surface area contributed by atoms with Gasteiger partial charge in [0.1, 0.15) is 0 Å². The van der Waals surface area contributed by atoms with E-state index in [1.54, 1.807) is 0 Å². The molecule has 0 spiro atoms. The van der Waals surface area contributed by atoms with E-state index in [0.29, 0.717) is 0 Å². The topological polar surface area (TPSA) is 25.3 Å². The summed E-state index contributed by atoms with van der Waals surface area (Å²) >= 11 is 0. The molecule has 2 nitrogen and oxygen atoms in total. The van der Waals surface area contributed by atoms with E-state index in [0.717, 1.165) is 61.0 Å². The third-order valence-corrected chi connectivity index (χ3v) is 15.7. The molecule has 2 aromatic rings. The summed E-state index contributed by atoms with van der Waals surface area (Å²) in [4.78, 5) is 0. The Bertz CT molecular complexity index is 1490. The van der Waals surface area contributed by atoms with Gasteiger partial charge in [-0.05, 0) is 73.9 Å². The Hall–Kier alpha value is -1.99. The van der Waals surface area contributed by atoms with Crippen LogP contribution in [0.2, 0.25) is 0 Å². The molecule has 0 aromatic heterocycles. The second-order valence-electron chi connectivity index (χ2n) is 22.9. The van der Waals surface area contributed by atoms with E-state index in [4.69, 9.17) is 0 Å². The summed E-state index contributed by atoms with van der Waals surface area (Å²) in [7, 11) is 0. The van der Waals surface area contributed by atoms with Gasteiger partial charge in [0, 0.05) is 22.8 Å². The predicted octanol–water partition coefficient (Wildman–Crippen LogP) is 25.6. The van der Waals surface area contributed by atoms with E-state index in [9.17, 15) is 5.53 Å². The minimum atomic E-state index is 0. The maximum Gasteiger partial charge on any atom is 2.00 e. The first-order valence-electron chi connectivity index (χ1n) is 33.2. The molecule has 0 amide bonds. The van der Waals surface area contributed by atoms with Gasteiger partial charge in [-0.15, -0.1) is 0 Å². The molecule has 0 unspecified atom stereocenters. The maximum atomic E-state index is 11.5. The molecule has 0 atom stereocenters. The van der Waals surface area contributed by atoms with Gasteiger partial charge < -0.3 is 19.4 Å². The van der Waals surface area contributed by atoms with Crippen molar-refractivity contribution in [2.45, 2.75) is 349 Å². The van der Waals surface area contributed by atoms with Crippen LogP contribution in [0, 0.1) is 13.8 Å². The van der Waals surface area contributed by atoms with Crippen molar-refractivity contribution in [2.75, 3.05) is 0 Å². The standard InChI is InChI=1S/C38H56N2.2C17H35.Ni/c1-4-7-10-13-15-17-20-32-23-27-34(28-24-32)37-31-36(22-19-12-9-6-3)38(40(37)39)35-29-25-33(26-30-35)21-18-16-14-11-8-5-2;2*1-3-5-7-9-11-13-15-17-16-14-12-10-8-6-4-2;/h23-31H,4-22H2,1-3H3;2*1,3-17H2,2H3;/q;2*-1;+2. The Balaban J connectivity index is 0.00000130. The first-order chi connectivity index (χ1) is 36.5. The van der Waals surface area contributed by atoms with Gasteiger partial charge >= 0.3 is 16.5 Å². The summed E-state index contributed by atoms with van der Waals surface area (Å²) < 4.78 is 1.46. The maximum absolute atomic E-state index is 11.5. The molecule has 75 heavy (non-hydrogen) atoms. The van der Waals surface area contributed by atoms with Crippen LogP contribution in [0.5, 0.6) is 0 Å². The fourth-order valence-corrected chi connectivity index (χ4v) is 10.6. The van der Waals surface area contributed by atoms with Gasteiger partial charge in [-0.25, -0.2) is 4.70 Å². The van der Waals surface area contributed by atoms with Crippen molar-refractivity contribution in [1.82, 2.24) is 0 Å². The minimum Gasteiger partial charge on any atom is -0.493 e. The first kappa shape index (κ1) is 73.0. The predicted molar refractivity (Wildman–Crippen MR) is 335 cm³/mol. The number of hydrogen-bond acceptors (Lipinski definition) is 0. The molecule has 0 radical (unpaired) electrons. The first-order valence-corrected chi connectivity index (χ1v) is 33.2. The van der Waals surface area contributed by atoms with Gasteiger partial charge in [0.2, 0.25) is 11.4 Å². The van der Waals surface area contributed by atoms with Crippen LogP contribution in [-0.2, 0) is 29.3 Å². The molecule has 0 N–H and O–H groups in total. The molecule has 0 aliphatic carbocycles. The third kappa shape index (κ3) is 41.7. The summed E-state index contributed by atoms with van der Waals surface area (Å²) in [5.74, 6) is 0. The number of hydrogen-bond donors (Lipinski definition) is 0. The largest absolute Gasteiger partial charge is 2.00 e. The van der Waals surface area contributed by atoms with Crippen LogP contribution in [-0.4, -0.2) is 4.70 Å². The third-order valence-electron chi connectivity index (χ3n) is 15.7. The van der Waals surface area contributed by atoms with Crippen LogP contribution in [0.3, 0.4) is 0 Å². The van der Waals surface area contributed by atoms with Crippen molar-refractivity contribution >= 4 is 11.4 Å². The van der Waals surface area contributed by atoms with E-state index in [1.807, 2.05) is 0 Å². The molecule has 0 bridgehead atoms. The zero-order valence-corrected chi connectivity index (χ0v) is 52.0. The Morgan fingerprint density at radius 1 is 0.307 bits per heavy atom. The Labute approximate surface area is 481 Å². The summed E-state index contributed by atoms with van der Waals surface area (Å²) in [6, 6.07) is 17.9. The Morgan fingerprint density at radius 2 is 0.547 bits per heavy atom. The van der Waals surface area contributed by atoms with Crippen molar-refractivity contribution in [3.05, 3.63) is 102 Å². The monoisotopic (exact) mass is 1080 g/mol. The van der Waals surface area contributed by atoms with Crippen LogP contribution in [0.25, 0.3) is 16.9 Å². The van der Waals surface area contributed by atoms with Crippen LogP contribution >= 0.6 is 0 Å². The quantitative estimate of drug-likeness (QED) is 0.0273. The summed E-state index contributed by atoms with van der Waals surface area (Å²) in [6.07, 6.45) is 69.1. The normalized spacial score (nSPS) is 12.1. The molecule has 0 saturated carbocycles. The summed E-state index contributed by atoms with van der Waals surface area (Å²) in [5, 5.41) is 0. The molecule has 1 heterocycles. The number of allylic oxidation sites excluding steroid dienone is 2. The molecule has 0 saturated heterocycles. The van der Waals surface area contributed by atoms with Gasteiger partial charge in [-0.2, -0.15) is 12.8 Å². The molecule has 434 valence electrons. The number of unbranched alkanes of at least 4 members (excludes halogenated alkanes) is 41. The second-order valence-corrected chi connectivity index (χ2v) is 22.9. The van der Waals surface area contributed by atoms with Crippen molar-refractivity contribution in [3.63, 3.8) is 0 Å². The fourth-order valence-electron chi connectivity index (χ4n) is 10.6. The van der Waals surface area contributed by atoms with Crippen molar-refractivity contribution in [2.24, 2.45) is 0 Å². The Morgan fingerprint density at radius 3 is 0.840 bits per heavy atom. The number of aryl methyl sites for hydroxylation is 2. The van der Waals surface area contributed by atoms with Gasteiger partial charge in [0.15, 0.2) is 0 Å². The molecule has 1 aliphatic rings. The minimum absolute atomic E-state index is 0. The van der Waals surface area contributed by atoms with E-state index < -0.39 is 0 Å². The van der Waals surface area contributed by atoms with Crippen molar-refractivity contribution in [3.8, 4) is 0 Å². The molecular weight excluding hydrogens is 951 g/mol. The summed E-state index contributed by atoms with van der Waals surface area (Å²) in [6.45, 7) is 19.1. The van der Waals surface area contributed by atoms with Crippen molar-refractivity contribution in [1.29, 1.82) is 0 Å². The zero-order valence-electron chi connectivity index (χ0n) is 51.0. The SMILES string of the molecule is CCCCCCCCc1ccc(C2=CC(CCCCCC)=C(c3ccc(CCCCCCCC)cc3)[N+]2=[N-])cc1.[CH2-]CCCCCCCCCCCCCCCC.[CH2-]CCCCCCCCCCCCCCCC.[Ni+2]. The van der Waals surface area contributed by atoms with E-state index in [1.165, 1.54) is 297 Å². The van der Waals surface area contributed by atoms with Crippen LogP contribution in [0.15, 0.2) is 60.2 Å². The Kier molecular flexibility index (Phi) is 55.2. The second kappa shape index (κ2) is 56.7. The van der Waals surface area contributed by atoms with Crippen molar-refractivity contribution < 1.29 is 21.2 Å². The van der Waals surface area contributed by atoms with E-state index >= 15 is 0 Å². The molecule has 2 aromatic carbocycles.